The molecule has 1 aromatic rings. The van der Waals surface area contributed by atoms with E-state index in [-0.39, 0.29) is 41.2 Å². The zero-order valence-electron chi connectivity index (χ0n) is 21.4. The minimum atomic E-state index is -1.90. The highest BCUT2D eigenvalue weighted by Gasteiger charge is 2.76. The number of rotatable bonds is 4. The average Bonchev–Trinajstić information content (AvgIpc) is 3.27. The van der Waals surface area contributed by atoms with Gasteiger partial charge in [0, 0.05) is 12.0 Å². The molecule has 11 heteroatoms. The Morgan fingerprint density at radius 3 is 2.41 bits per heavy atom. The first-order chi connectivity index (χ1) is 18.6. The number of methoxy groups -OCH3 is 1. The summed E-state index contributed by atoms with van der Waals surface area (Å²) < 4.78 is 5.20. The van der Waals surface area contributed by atoms with Gasteiger partial charge in [-0.25, -0.2) is 0 Å². The number of aromatic hydroxyl groups is 1. The molecule has 2 saturated carbocycles. The van der Waals surface area contributed by atoms with E-state index in [2.05, 4.69) is 15.9 Å². The Kier molecular flexibility index (Phi) is 6.59. The lowest BCUT2D eigenvalue weighted by atomic mass is 9.56. The zero-order chi connectivity index (χ0) is 27.9. The third-order valence-electron chi connectivity index (χ3n) is 9.52. The smallest absolute Gasteiger partial charge is 0.254 e. The predicted molar refractivity (Wildman–Crippen MR) is 147 cm³/mol. The third-order valence-corrected chi connectivity index (χ3v) is 11.4. The summed E-state index contributed by atoms with van der Waals surface area (Å²) in [6, 6.07) is 4.60. The van der Waals surface area contributed by atoms with E-state index in [0.717, 1.165) is 37.0 Å². The molecule has 5 aliphatic rings. The number of ether oxygens (including phenoxy) is 1. The molecule has 3 aliphatic carbocycles. The van der Waals surface area contributed by atoms with Crippen LogP contribution in [-0.2, 0) is 19.2 Å². The summed E-state index contributed by atoms with van der Waals surface area (Å²) in [7, 11) is 1.43. The molecule has 2 aliphatic heterocycles. The van der Waals surface area contributed by atoms with Crippen LogP contribution in [0.4, 0.5) is 0 Å². The number of imide groups is 2. The lowest BCUT2D eigenvalue weighted by Gasteiger charge is -2.50. The maximum atomic E-state index is 14.0. The van der Waals surface area contributed by atoms with Crippen molar-refractivity contribution in [2.45, 2.75) is 66.7 Å². The molecular formula is C28H29BrCl2N2O6. The van der Waals surface area contributed by atoms with Gasteiger partial charge in [-0.05, 0) is 49.3 Å². The summed E-state index contributed by atoms with van der Waals surface area (Å²) in [6.45, 7) is 0. The molecular weight excluding hydrogens is 611 g/mol. The quantitative estimate of drug-likeness (QED) is 0.226. The van der Waals surface area contributed by atoms with Crippen molar-refractivity contribution in [1.82, 2.24) is 9.80 Å². The van der Waals surface area contributed by atoms with Crippen molar-refractivity contribution in [2.24, 2.45) is 17.8 Å². The molecule has 2 heterocycles. The SMILES string of the molecule is COc1ccc(C2C3=CCC4C(=O)N(C5CCCCC5)C(=O)C4C3CC3(Cl)C(=O)N(CBr)C(=O)C23Cl)cc1O. The predicted octanol–water partition coefficient (Wildman–Crippen LogP) is 4.44. The number of phenolic OH excluding ortho intramolecular Hbond substituents is 1. The number of carbonyl (C=O) groups excluding carboxylic acids is 4. The highest BCUT2D eigenvalue weighted by Crippen LogP contribution is 2.65. The summed E-state index contributed by atoms with van der Waals surface area (Å²) in [6.07, 6.45) is 6.83. The molecule has 4 amide bonds. The van der Waals surface area contributed by atoms with Gasteiger partial charge in [0.1, 0.15) is 0 Å². The number of hydrogen-bond donors (Lipinski definition) is 1. The number of likely N-dealkylation sites (tertiary alicyclic amines) is 2. The van der Waals surface area contributed by atoms with Crippen LogP contribution in [0.1, 0.15) is 56.4 Å². The third kappa shape index (κ3) is 3.54. The Balaban J connectivity index is 1.50. The van der Waals surface area contributed by atoms with E-state index in [9.17, 15) is 24.3 Å². The monoisotopic (exact) mass is 638 g/mol. The minimum absolute atomic E-state index is 0.0463. The van der Waals surface area contributed by atoms with Gasteiger partial charge in [-0.1, -0.05) is 52.9 Å². The van der Waals surface area contributed by atoms with Crippen LogP contribution < -0.4 is 4.74 Å². The largest absolute Gasteiger partial charge is 0.504 e. The van der Waals surface area contributed by atoms with Crippen LogP contribution >= 0.6 is 39.1 Å². The molecule has 0 bridgehead atoms. The van der Waals surface area contributed by atoms with Gasteiger partial charge in [0.25, 0.3) is 11.8 Å². The second-order valence-electron chi connectivity index (χ2n) is 11.3. The Labute approximate surface area is 244 Å². The number of nitrogens with zero attached hydrogens (tertiary/aromatic N) is 2. The fourth-order valence-electron chi connectivity index (χ4n) is 7.74. The van der Waals surface area contributed by atoms with Crippen LogP contribution in [0.5, 0.6) is 11.5 Å². The van der Waals surface area contributed by atoms with Crippen molar-refractivity contribution in [3.8, 4) is 11.5 Å². The maximum Gasteiger partial charge on any atom is 0.254 e. The van der Waals surface area contributed by atoms with Crippen LogP contribution in [-0.4, -0.2) is 66.9 Å². The van der Waals surface area contributed by atoms with Gasteiger partial charge in [-0.3, -0.25) is 29.0 Å². The van der Waals surface area contributed by atoms with Gasteiger partial charge < -0.3 is 9.84 Å². The average molecular weight is 640 g/mol. The first kappa shape index (κ1) is 27.1. The Morgan fingerprint density at radius 2 is 1.77 bits per heavy atom. The van der Waals surface area contributed by atoms with Crippen molar-refractivity contribution < 1.29 is 29.0 Å². The van der Waals surface area contributed by atoms with Gasteiger partial charge in [-0.15, -0.1) is 23.2 Å². The van der Waals surface area contributed by atoms with E-state index in [4.69, 9.17) is 27.9 Å². The molecule has 1 N–H and O–H groups in total. The number of halogens is 3. The summed E-state index contributed by atoms with van der Waals surface area (Å²) >= 11 is 17.6. The number of hydrogen-bond acceptors (Lipinski definition) is 6. The Hall–Kier alpha value is -2.10. The van der Waals surface area contributed by atoms with Gasteiger partial charge in [0.2, 0.25) is 11.8 Å². The lowest BCUT2D eigenvalue weighted by Crippen LogP contribution is -2.60. The number of allylic oxidation sites excluding steroid dienone is 2. The molecule has 8 nitrogen and oxygen atoms in total. The van der Waals surface area contributed by atoms with E-state index in [0.29, 0.717) is 17.6 Å². The van der Waals surface area contributed by atoms with Crippen molar-refractivity contribution in [3.05, 3.63) is 35.4 Å². The first-order valence-electron chi connectivity index (χ1n) is 13.3. The molecule has 208 valence electrons. The van der Waals surface area contributed by atoms with Crippen molar-refractivity contribution >= 4 is 62.8 Å². The number of phenols is 1. The zero-order valence-corrected chi connectivity index (χ0v) is 24.5. The van der Waals surface area contributed by atoms with Gasteiger partial charge in [0.15, 0.2) is 21.2 Å². The normalized spacial score (nSPS) is 36.6. The van der Waals surface area contributed by atoms with Crippen LogP contribution in [0, 0.1) is 17.8 Å². The molecule has 1 aromatic carbocycles. The van der Waals surface area contributed by atoms with Crippen molar-refractivity contribution in [1.29, 1.82) is 0 Å². The van der Waals surface area contributed by atoms with Crippen LogP contribution in [0.2, 0.25) is 0 Å². The van der Waals surface area contributed by atoms with E-state index >= 15 is 0 Å². The van der Waals surface area contributed by atoms with E-state index in [1.807, 2.05) is 6.08 Å². The summed E-state index contributed by atoms with van der Waals surface area (Å²) in [4.78, 5) is 53.8. The van der Waals surface area contributed by atoms with Crippen LogP contribution in [0.3, 0.4) is 0 Å². The topological polar surface area (TPSA) is 104 Å². The van der Waals surface area contributed by atoms with E-state index in [1.165, 1.54) is 18.1 Å². The van der Waals surface area contributed by atoms with E-state index < -0.39 is 45.2 Å². The van der Waals surface area contributed by atoms with Gasteiger partial charge in [-0.2, -0.15) is 0 Å². The fourth-order valence-corrected chi connectivity index (χ4v) is 9.16. The van der Waals surface area contributed by atoms with E-state index in [1.54, 1.807) is 12.1 Å². The fraction of sp³-hybridized carbons (Fsp3) is 0.571. The lowest BCUT2D eigenvalue weighted by molar-refractivity contribution is -0.144. The summed E-state index contributed by atoms with van der Waals surface area (Å²) in [5.74, 6) is -4.29. The standard InChI is InChI=1S/C28H29BrCl2N2O6/c1-39-20-10-7-14(11-19(20)34)22-16-8-9-17-21(24(36)33(23(17)35)15-5-3-2-4-6-15)18(16)12-27(30)25(37)32(13-29)26(38)28(22,27)31/h7-8,10-11,15,17-18,21-22,34H,2-6,9,12-13H2,1H3. The molecule has 4 fully saturated rings. The number of amides is 4. The second-order valence-corrected chi connectivity index (χ2v) is 13.0. The Bertz CT molecular complexity index is 1310. The molecule has 0 radical (unpaired) electrons. The highest BCUT2D eigenvalue weighted by atomic mass is 79.9. The molecule has 0 spiro atoms. The molecule has 6 rings (SSSR count). The van der Waals surface area contributed by atoms with Gasteiger partial charge in [0.05, 0.1) is 24.4 Å². The first-order valence-corrected chi connectivity index (χ1v) is 15.2. The molecule has 0 aromatic heterocycles. The molecule has 6 unspecified atom stereocenters. The maximum absolute atomic E-state index is 14.0. The minimum Gasteiger partial charge on any atom is -0.504 e. The molecule has 2 saturated heterocycles. The summed E-state index contributed by atoms with van der Waals surface area (Å²) in [5.41, 5.74) is 1.09. The van der Waals surface area contributed by atoms with Crippen LogP contribution in [0.15, 0.2) is 29.8 Å². The van der Waals surface area contributed by atoms with Crippen molar-refractivity contribution in [3.63, 3.8) is 0 Å². The number of fused-ring (bicyclic) bond motifs is 4. The van der Waals surface area contributed by atoms with Gasteiger partial charge >= 0.3 is 0 Å². The number of carbonyl (C=O) groups is 4. The highest BCUT2D eigenvalue weighted by molar-refractivity contribution is 9.09. The molecule has 6 atom stereocenters. The number of alkyl halides is 3. The second kappa shape index (κ2) is 9.48. The van der Waals surface area contributed by atoms with Crippen LogP contribution in [0.25, 0.3) is 0 Å². The van der Waals surface area contributed by atoms with Crippen molar-refractivity contribution in [2.75, 3.05) is 12.6 Å². The Morgan fingerprint density at radius 1 is 1.05 bits per heavy atom. The number of benzene rings is 1. The summed E-state index contributed by atoms with van der Waals surface area (Å²) in [5, 5.41) is 10.6. The molecule has 39 heavy (non-hydrogen) atoms.